The monoisotopic (exact) mass is 374 g/mol. The summed E-state index contributed by atoms with van der Waals surface area (Å²) in [5.41, 5.74) is 6.38. The molecule has 0 spiro atoms. The first-order valence-electron chi connectivity index (χ1n) is 10.4. The summed E-state index contributed by atoms with van der Waals surface area (Å²) in [5.74, 6) is 1.94. The zero-order valence-corrected chi connectivity index (χ0v) is 18.1. The maximum absolute atomic E-state index is 6.65. The molecule has 0 N–H and O–H groups in total. The number of para-hydroxylation sites is 1. The highest BCUT2D eigenvalue weighted by Gasteiger charge is 2.41. The number of hydrogen-bond donors (Lipinski definition) is 0. The van der Waals surface area contributed by atoms with Crippen molar-refractivity contribution < 1.29 is 9.30 Å². The zero-order chi connectivity index (χ0) is 20.1. The molecule has 3 nitrogen and oxygen atoms in total. The number of benzene rings is 2. The second-order valence-corrected chi connectivity index (χ2v) is 10.8. The van der Waals surface area contributed by atoms with Crippen molar-refractivity contribution in [1.29, 1.82) is 0 Å². The van der Waals surface area contributed by atoms with Crippen LogP contribution in [0.2, 0.25) is 0 Å². The lowest BCUT2D eigenvalue weighted by molar-refractivity contribution is -0.576. The van der Waals surface area contributed by atoms with Crippen molar-refractivity contribution in [1.82, 2.24) is 4.57 Å². The highest BCUT2D eigenvalue weighted by molar-refractivity contribution is 5.82. The van der Waals surface area contributed by atoms with Gasteiger partial charge in [-0.2, -0.15) is 0 Å². The van der Waals surface area contributed by atoms with Crippen LogP contribution in [0, 0.1) is 6.33 Å². The average molecular weight is 375 g/mol. The molecular weight excluding hydrogens is 344 g/mol. The van der Waals surface area contributed by atoms with Gasteiger partial charge in [-0.3, -0.25) is 0 Å². The standard InChI is InChI=1S/C25H30N2O/c1-23(2,3)27-15-26-18-12-11-16-20(25(6,7)14-13-24(16,4)5)22(18)28-19-10-8-9-17(27)21(19)26/h8-12H,13-14H2,1-7H3. The Hall–Kier alpha value is -2.29. The summed E-state index contributed by atoms with van der Waals surface area (Å²) in [6.45, 7) is 16.1. The summed E-state index contributed by atoms with van der Waals surface area (Å²) in [4.78, 5) is 0. The van der Waals surface area contributed by atoms with Gasteiger partial charge in [0.2, 0.25) is 6.33 Å². The van der Waals surface area contributed by atoms with E-state index < -0.39 is 0 Å². The van der Waals surface area contributed by atoms with Crippen LogP contribution in [0.4, 0.5) is 0 Å². The Balaban J connectivity index is 1.87. The Labute approximate surface area is 168 Å². The molecule has 3 heteroatoms. The number of fused-ring (bicyclic) bond motifs is 4. The maximum atomic E-state index is 6.65. The lowest BCUT2D eigenvalue weighted by Crippen LogP contribution is -2.39. The summed E-state index contributed by atoms with van der Waals surface area (Å²) in [7, 11) is 0. The fraction of sp³-hybridized carbons (Fsp3) is 0.480. The van der Waals surface area contributed by atoms with Crippen molar-refractivity contribution in [3.63, 3.8) is 0 Å². The highest BCUT2D eigenvalue weighted by Crippen LogP contribution is 2.52. The maximum Gasteiger partial charge on any atom is 0.244 e. The van der Waals surface area contributed by atoms with Gasteiger partial charge in [0.1, 0.15) is 11.5 Å². The molecule has 0 fully saturated rings. The SMILES string of the molecule is CC1(C)CCC(C)(C)c2c1ccc1c2Oc2cccc3c2[n+]-1[c-]n3C(C)(C)C. The van der Waals surface area contributed by atoms with E-state index in [1.807, 2.05) is 0 Å². The first kappa shape index (κ1) is 17.8. The molecule has 28 heavy (non-hydrogen) atoms. The van der Waals surface area contributed by atoms with Gasteiger partial charge in [-0.1, -0.05) is 52.0 Å². The van der Waals surface area contributed by atoms with Crippen molar-refractivity contribution >= 4 is 11.0 Å². The second kappa shape index (κ2) is 5.20. The molecule has 0 saturated heterocycles. The summed E-state index contributed by atoms with van der Waals surface area (Å²) >= 11 is 0. The number of nitrogens with zero attached hydrogens (tertiary/aromatic N) is 2. The summed E-state index contributed by atoms with van der Waals surface area (Å²) in [5, 5.41) is 0. The van der Waals surface area contributed by atoms with Crippen LogP contribution in [-0.2, 0) is 16.4 Å². The Morgan fingerprint density at radius 1 is 1.00 bits per heavy atom. The third-order valence-electron chi connectivity index (χ3n) is 6.68. The van der Waals surface area contributed by atoms with Crippen LogP contribution in [0.5, 0.6) is 11.5 Å². The molecule has 0 radical (unpaired) electrons. The van der Waals surface area contributed by atoms with Crippen molar-refractivity contribution in [3.05, 3.63) is 47.8 Å². The fourth-order valence-corrected chi connectivity index (χ4v) is 4.97. The Kier molecular flexibility index (Phi) is 3.30. The lowest BCUT2D eigenvalue weighted by atomic mass is 9.62. The van der Waals surface area contributed by atoms with E-state index in [1.165, 1.54) is 24.0 Å². The Morgan fingerprint density at radius 3 is 2.43 bits per heavy atom. The Bertz CT molecular complexity index is 1130. The van der Waals surface area contributed by atoms with Crippen LogP contribution in [-0.4, -0.2) is 4.57 Å². The minimum atomic E-state index is -0.0535. The van der Waals surface area contributed by atoms with Gasteiger partial charge in [-0.25, -0.2) is 0 Å². The van der Waals surface area contributed by atoms with Gasteiger partial charge in [0, 0.05) is 0 Å². The van der Waals surface area contributed by atoms with E-state index >= 15 is 0 Å². The largest absolute Gasteiger partial charge is 0.469 e. The molecule has 0 bridgehead atoms. The molecule has 2 heterocycles. The zero-order valence-electron chi connectivity index (χ0n) is 18.1. The van der Waals surface area contributed by atoms with Gasteiger partial charge >= 0.3 is 0 Å². The quantitative estimate of drug-likeness (QED) is 0.276. The second-order valence-electron chi connectivity index (χ2n) is 10.8. The smallest absolute Gasteiger partial charge is 0.244 e. The van der Waals surface area contributed by atoms with Crippen LogP contribution in [0.15, 0.2) is 30.3 Å². The number of aromatic nitrogens is 2. The molecule has 1 aromatic heterocycles. The van der Waals surface area contributed by atoms with Crippen molar-refractivity contribution in [2.75, 3.05) is 0 Å². The van der Waals surface area contributed by atoms with E-state index in [-0.39, 0.29) is 16.4 Å². The van der Waals surface area contributed by atoms with Crippen molar-refractivity contribution in [3.8, 4) is 17.2 Å². The molecule has 0 atom stereocenters. The predicted molar refractivity (Wildman–Crippen MR) is 113 cm³/mol. The third kappa shape index (κ3) is 2.25. The summed E-state index contributed by atoms with van der Waals surface area (Å²) in [6, 6.07) is 10.9. The van der Waals surface area contributed by atoms with Crippen LogP contribution in [0.1, 0.15) is 72.4 Å². The molecule has 5 rings (SSSR count). The fourth-order valence-electron chi connectivity index (χ4n) is 4.97. The summed E-state index contributed by atoms with van der Waals surface area (Å²) in [6.07, 6.45) is 6.00. The van der Waals surface area contributed by atoms with Crippen LogP contribution in [0.25, 0.3) is 16.7 Å². The van der Waals surface area contributed by atoms with E-state index in [4.69, 9.17) is 4.74 Å². The minimum Gasteiger partial charge on any atom is -0.469 e. The molecule has 1 aliphatic carbocycles. The molecule has 146 valence electrons. The normalized spacial score (nSPS) is 19.1. The molecular formula is C25H30N2O. The van der Waals surface area contributed by atoms with Gasteiger partial charge < -0.3 is 13.9 Å². The van der Waals surface area contributed by atoms with Crippen LogP contribution in [0.3, 0.4) is 0 Å². The first-order valence-corrected chi connectivity index (χ1v) is 10.4. The van der Waals surface area contributed by atoms with Crippen molar-refractivity contribution in [2.24, 2.45) is 0 Å². The van der Waals surface area contributed by atoms with E-state index in [9.17, 15) is 0 Å². The first-order chi connectivity index (χ1) is 13.0. The topological polar surface area (TPSA) is 18.0 Å². The van der Waals surface area contributed by atoms with Gasteiger partial charge in [0.25, 0.3) is 0 Å². The van der Waals surface area contributed by atoms with Gasteiger partial charge in [-0.05, 0) is 61.6 Å². The van der Waals surface area contributed by atoms with Gasteiger partial charge in [0.15, 0.2) is 0 Å². The number of ether oxygens (including phenoxy) is 1. The number of hydrogen-bond acceptors (Lipinski definition) is 1. The minimum absolute atomic E-state index is 0.0535. The molecule has 0 amide bonds. The van der Waals surface area contributed by atoms with E-state index in [2.05, 4.69) is 94.3 Å². The van der Waals surface area contributed by atoms with E-state index in [0.29, 0.717) is 0 Å². The molecule has 1 aliphatic heterocycles. The highest BCUT2D eigenvalue weighted by atomic mass is 16.5. The van der Waals surface area contributed by atoms with E-state index in [0.717, 1.165) is 28.2 Å². The molecule has 0 unspecified atom stereocenters. The van der Waals surface area contributed by atoms with E-state index in [1.54, 1.807) is 0 Å². The predicted octanol–water partition coefficient (Wildman–Crippen LogP) is 5.93. The third-order valence-corrected chi connectivity index (χ3v) is 6.68. The number of rotatable bonds is 0. The molecule has 3 aromatic rings. The lowest BCUT2D eigenvalue weighted by Gasteiger charge is -2.43. The van der Waals surface area contributed by atoms with Gasteiger partial charge in [0.05, 0.1) is 22.3 Å². The number of imidazole rings is 1. The van der Waals surface area contributed by atoms with Crippen LogP contribution < -0.4 is 9.30 Å². The molecule has 2 aliphatic rings. The molecule has 2 aromatic carbocycles. The van der Waals surface area contributed by atoms with Gasteiger partial charge in [-0.15, -0.1) is 0 Å². The average Bonchev–Trinajstić information content (AvgIpc) is 3.00. The summed E-state index contributed by atoms with van der Waals surface area (Å²) < 4.78 is 11.1. The Morgan fingerprint density at radius 2 is 1.71 bits per heavy atom. The van der Waals surface area contributed by atoms with Crippen molar-refractivity contribution in [2.45, 2.75) is 77.7 Å². The van der Waals surface area contributed by atoms with Crippen LogP contribution >= 0.6 is 0 Å². The molecule has 0 saturated carbocycles.